The van der Waals surface area contributed by atoms with E-state index in [9.17, 15) is 9.18 Å². The maximum atomic E-state index is 13.7. The van der Waals surface area contributed by atoms with Crippen LogP contribution >= 0.6 is 0 Å². The van der Waals surface area contributed by atoms with Crippen LogP contribution in [0.5, 0.6) is 5.75 Å². The van der Waals surface area contributed by atoms with Crippen molar-refractivity contribution in [1.29, 1.82) is 0 Å². The van der Waals surface area contributed by atoms with Gasteiger partial charge in [-0.15, -0.1) is 0 Å². The van der Waals surface area contributed by atoms with E-state index in [1.54, 1.807) is 12.1 Å². The largest absolute Gasteiger partial charge is 0.420 e. The highest BCUT2D eigenvalue weighted by Gasteiger charge is 2.12. The van der Waals surface area contributed by atoms with Crippen LogP contribution in [0, 0.1) is 5.82 Å². The molecule has 4 heteroatoms. The zero-order chi connectivity index (χ0) is 15.2. The van der Waals surface area contributed by atoms with Crippen LogP contribution in [0.15, 0.2) is 47.5 Å². The predicted octanol–water partition coefficient (Wildman–Crippen LogP) is 4.33. The predicted molar refractivity (Wildman–Crippen MR) is 81.0 cm³/mol. The average molecular weight is 285 g/mol. The molecule has 0 radical (unpaired) electrons. The zero-order valence-corrected chi connectivity index (χ0v) is 11.8. The van der Waals surface area contributed by atoms with Crippen LogP contribution in [-0.2, 0) is 6.42 Å². The van der Waals surface area contributed by atoms with Crippen LogP contribution in [0.3, 0.4) is 0 Å². The van der Waals surface area contributed by atoms with E-state index in [0.717, 1.165) is 18.4 Å². The molecule has 2 aromatic carbocycles. The normalized spacial score (nSPS) is 10.2. The van der Waals surface area contributed by atoms with Crippen molar-refractivity contribution in [1.82, 2.24) is 0 Å². The first kappa shape index (κ1) is 14.9. The third-order valence-corrected chi connectivity index (χ3v) is 3.03. The van der Waals surface area contributed by atoms with E-state index in [2.05, 4.69) is 18.6 Å². The Labute approximate surface area is 123 Å². The van der Waals surface area contributed by atoms with E-state index in [1.165, 1.54) is 18.2 Å². The van der Waals surface area contributed by atoms with Crippen LogP contribution in [0.25, 0.3) is 0 Å². The van der Waals surface area contributed by atoms with E-state index >= 15 is 0 Å². The number of ether oxygens (including phenoxy) is 1. The molecule has 0 aliphatic heterocycles. The number of aryl methyl sites for hydroxylation is 1. The summed E-state index contributed by atoms with van der Waals surface area (Å²) in [4.78, 5) is 15.6. The van der Waals surface area contributed by atoms with Crippen LogP contribution in [0.1, 0.15) is 29.3 Å². The molecule has 2 aromatic rings. The number of hydrogen-bond acceptors (Lipinski definition) is 3. The van der Waals surface area contributed by atoms with Gasteiger partial charge >= 0.3 is 5.97 Å². The number of carbonyl (C=O) groups is 1. The van der Waals surface area contributed by atoms with Crippen molar-refractivity contribution < 1.29 is 13.9 Å². The molecule has 0 saturated heterocycles. The summed E-state index contributed by atoms with van der Waals surface area (Å²) in [5, 5.41) is 0. The molecule has 0 aliphatic carbocycles. The number of benzene rings is 2. The first-order valence-electron chi connectivity index (χ1n) is 6.71. The minimum Gasteiger partial charge on any atom is -0.420 e. The lowest BCUT2D eigenvalue weighted by Gasteiger charge is -2.06. The third-order valence-electron chi connectivity index (χ3n) is 3.03. The Balaban J connectivity index is 2.12. The van der Waals surface area contributed by atoms with Gasteiger partial charge in [0.2, 0.25) is 0 Å². The molecule has 0 heterocycles. The molecule has 0 bridgehead atoms. The van der Waals surface area contributed by atoms with E-state index in [-0.39, 0.29) is 5.75 Å². The molecule has 0 unspecified atom stereocenters. The molecular formula is C17H16FNO2. The Morgan fingerprint density at radius 3 is 2.52 bits per heavy atom. The lowest BCUT2D eigenvalue weighted by molar-refractivity contribution is 0.0728. The second-order valence-electron chi connectivity index (χ2n) is 4.61. The summed E-state index contributed by atoms with van der Waals surface area (Å²) in [6.07, 6.45) is 2.00. The average Bonchev–Trinajstić information content (AvgIpc) is 2.50. The minimum atomic E-state index is -0.643. The lowest BCUT2D eigenvalue weighted by atomic mass is 10.1. The standard InChI is InChI=1S/C17H16FNO2/c1-3-4-12-5-7-13(8-6-12)17(20)21-16-10-9-14(19-2)11-15(16)18/h5-11H,2-4H2,1H3. The fourth-order valence-electron chi connectivity index (χ4n) is 1.93. The molecule has 0 atom stereocenters. The second-order valence-corrected chi connectivity index (χ2v) is 4.61. The second kappa shape index (κ2) is 6.79. The van der Waals surface area contributed by atoms with Gasteiger partial charge in [0.25, 0.3) is 0 Å². The monoisotopic (exact) mass is 285 g/mol. The first-order valence-corrected chi connectivity index (χ1v) is 6.71. The van der Waals surface area contributed by atoms with Gasteiger partial charge in [-0.3, -0.25) is 4.99 Å². The van der Waals surface area contributed by atoms with Crippen LogP contribution in [0.4, 0.5) is 10.1 Å². The number of aliphatic imine (C=N–C) groups is 1. The maximum Gasteiger partial charge on any atom is 0.343 e. The first-order chi connectivity index (χ1) is 10.1. The fraction of sp³-hybridized carbons (Fsp3) is 0.176. The molecule has 21 heavy (non-hydrogen) atoms. The summed E-state index contributed by atoms with van der Waals surface area (Å²) >= 11 is 0. The van der Waals surface area contributed by atoms with E-state index < -0.39 is 11.8 Å². The summed E-state index contributed by atoms with van der Waals surface area (Å²) in [6, 6.07) is 11.2. The molecule has 108 valence electrons. The summed E-state index contributed by atoms with van der Waals surface area (Å²) in [7, 11) is 0. The van der Waals surface area contributed by atoms with Gasteiger partial charge in [0.05, 0.1) is 11.3 Å². The van der Waals surface area contributed by atoms with Crippen molar-refractivity contribution in [2.75, 3.05) is 0 Å². The van der Waals surface area contributed by atoms with Gasteiger partial charge < -0.3 is 4.74 Å². The number of carbonyl (C=O) groups excluding carboxylic acids is 1. The Bertz CT molecular complexity index is 650. The number of esters is 1. The Hall–Kier alpha value is -2.49. The van der Waals surface area contributed by atoms with Crippen molar-refractivity contribution >= 4 is 18.4 Å². The van der Waals surface area contributed by atoms with Crippen LogP contribution in [-0.4, -0.2) is 12.7 Å². The summed E-state index contributed by atoms with van der Waals surface area (Å²) in [6.45, 7) is 5.40. The van der Waals surface area contributed by atoms with Gasteiger partial charge in [0.15, 0.2) is 11.6 Å². The molecule has 0 fully saturated rings. The quantitative estimate of drug-likeness (QED) is 0.466. The van der Waals surface area contributed by atoms with Crippen LogP contribution in [0.2, 0.25) is 0 Å². The molecule has 0 spiro atoms. The van der Waals surface area contributed by atoms with Gasteiger partial charge in [-0.25, -0.2) is 9.18 Å². The fourth-order valence-corrected chi connectivity index (χ4v) is 1.93. The van der Waals surface area contributed by atoms with Gasteiger partial charge in [-0.2, -0.15) is 0 Å². The summed E-state index contributed by atoms with van der Waals surface area (Å²) < 4.78 is 18.8. The SMILES string of the molecule is C=Nc1ccc(OC(=O)c2ccc(CCC)cc2)c(F)c1. The number of halogens is 1. The molecule has 0 amide bonds. The summed E-state index contributed by atoms with van der Waals surface area (Å²) in [5.74, 6) is -1.35. The van der Waals surface area contributed by atoms with Crippen molar-refractivity contribution in [3.05, 3.63) is 59.4 Å². The van der Waals surface area contributed by atoms with Crippen molar-refractivity contribution in [2.45, 2.75) is 19.8 Å². The van der Waals surface area contributed by atoms with Gasteiger partial charge in [0, 0.05) is 6.07 Å². The van der Waals surface area contributed by atoms with Crippen molar-refractivity contribution in [3.63, 3.8) is 0 Å². The number of nitrogens with zero attached hydrogens (tertiary/aromatic N) is 1. The zero-order valence-electron chi connectivity index (χ0n) is 11.8. The smallest absolute Gasteiger partial charge is 0.343 e. The molecule has 3 nitrogen and oxygen atoms in total. The minimum absolute atomic E-state index is 0.120. The topological polar surface area (TPSA) is 38.7 Å². The Morgan fingerprint density at radius 1 is 1.24 bits per heavy atom. The van der Waals surface area contributed by atoms with E-state index in [1.807, 2.05) is 12.1 Å². The highest BCUT2D eigenvalue weighted by Crippen LogP contribution is 2.23. The van der Waals surface area contributed by atoms with Gasteiger partial charge in [-0.1, -0.05) is 25.5 Å². The lowest BCUT2D eigenvalue weighted by Crippen LogP contribution is -2.09. The summed E-state index contributed by atoms with van der Waals surface area (Å²) in [5.41, 5.74) is 1.93. The molecular weight excluding hydrogens is 269 g/mol. The maximum absolute atomic E-state index is 13.7. The molecule has 2 rings (SSSR count). The number of rotatable bonds is 5. The van der Waals surface area contributed by atoms with Gasteiger partial charge in [-0.05, 0) is 43.0 Å². The van der Waals surface area contributed by atoms with Crippen molar-refractivity contribution in [3.8, 4) is 5.75 Å². The molecule has 0 aromatic heterocycles. The van der Waals surface area contributed by atoms with Gasteiger partial charge in [0.1, 0.15) is 0 Å². The highest BCUT2D eigenvalue weighted by molar-refractivity contribution is 5.91. The van der Waals surface area contributed by atoms with E-state index in [4.69, 9.17) is 4.74 Å². The molecule has 0 N–H and O–H groups in total. The Kier molecular flexibility index (Phi) is 4.82. The molecule has 0 saturated carbocycles. The Morgan fingerprint density at radius 2 is 1.95 bits per heavy atom. The molecule has 0 aliphatic rings. The van der Waals surface area contributed by atoms with Crippen molar-refractivity contribution in [2.24, 2.45) is 4.99 Å². The third kappa shape index (κ3) is 3.75. The highest BCUT2D eigenvalue weighted by atomic mass is 19.1. The number of hydrogen-bond donors (Lipinski definition) is 0. The van der Waals surface area contributed by atoms with Crippen LogP contribution < -0.4 is 4.74 Å². The van der Waals surface area contributed by atoms with E-state index in [0.29, 0.717) is 11.3 Å².